The second kappa shape index (κ2) is 13.3. The van der Waals surface area contributed by atoms with Crippen LogP contribution in [0.5, 0.6) is 5.75 Å². The average molecular weight is 614 g/mol. The fourth-order valence-electron chi connectivity index (χ4n) is 4.26. The molecule has 1 saturated carbocycles. The number of nitrogens with zero attached hydrogens (tertiary/aromatic N) is 4. The van der Waals surface area contributed by atoms with E-state index in [1.165, 1.54) is 26.1 Å². The van der Waals surface area contributed by atoms with Gasteiger partial charge in [0.1, 0.15) is 11.6 Å². The lowest BCUT2D eigenvalue weighted by atomic mass is 10.0. The van der Waals surface area contributed by atoms with Gasteiger partial charge in [-0.2, -0.15) is 0 Å². The van der Waals surface area contributed by atoms with Crippen molar-refractivity contribution in [3.8, 4) is 5.75 Å². The van der Waals surface area contributed by atoms with Crippen LogP contribution >= 0.6 is 0 Å². The third-order valence-corrected chi connectivity index (χ3v) is 6.90. The number of amides is 1. The minimum absolute atomic E-state index is 0.0235. The minimum Gasteiger partial charge on any atom is -0.446 e. The first kappa shape index (κ1) is 32.3. The van der Waals surface area contributed by atoms with Gasteiger partial charge in [-0.05, 0) is 56.7 Å². The Balaban J connectivity index is 1.67. The first-order chi connectivity index (χ1) is 20.7. The lowest BCUT2D eigenvalue weighted by Crippen LogP contribution is -2.46. The fraction of sp³-hybridized carbons (Fsp3) is 0.500. The zero-order valence-electron chi connectivity index (χ0n) is 25.5. The zero-order valence-corrected chi connectivity index (χ0v) is 25.5. The highest BCUT2D eigenvalue weighted by Crippen LogP contribution is 2.29. The molecule has 13 nitrogen and oxygen atoms in total. The van der Waals surface area contributed by atoms with Crippen molar-refractivity contribution < 1.29 is 37.4 Å². The number of ether oxygens (including phenoxy) is 3. The molecule has 3 aromatic rings. The molecule has 236 valence electrons. The molecule has 1 atom stereocenters. The van der Waals surface area contributed by atoms with E-state index in [0.717, 1.165) is 17.4 Å². The van der Waals surface area contributed by atoms with Crippen molar-refractivity contribution in [2.75, 3.05) is 6.61 Å². The molecule has 1 unspecified atom stereocenters. The molecule has 0 saturated heterocycles. The molecule has 0 radical (unpaired) electrons. The highest BCUT2D eigenvalue weighted by atomic mass is 19.1. The van der Waals surface area contributed by atoms with Gasteiger partial charge in [0.2, 0.25) is 11.6 Å². The minimum atomic E-state index is -1.32. The van der Waals surface area contributed by atoms with E-state index in [1.807, 2.05) is 0 Å². The number of benzene rings is 1. The summed E-state index contributed by atoms with van der Waals surface area (Å²) in [5, 5.41) is 10.1. The molecule has 2 heterocycles. The fourth-order valence-corrected chi connectivity index (χ4v) is 4.26. The second-order valence-corrected chi connectivity index (χ2v) is 11.6. The van der Waals surface area contributed by atoms with Gasteiger partial charge in [-0.1, -0.05) is 26.0 Å². The molecule has 1 fully saturated rings. The van der Waals surface area contributed by atoms with E-state index in [0.29, 0.717) is 11.5 Å². The zero-order chi connectivity index (χ0) is 32.2. The van der Waals surface area contributed by atoms with Gasteiger partial charge in [0, 0.05) is 26.3 Å². The van der Waals surface area contributed by atoms with Crippen LogP contribution in [0.4, 0.5) is 9.18 Å². The Kier molecular flexibility index (Phi) is 9.80. The molecule has 1 N–H and O–H groups in total. The van der Waals surface area contributed by atoms with Gasteiger partial charge in [-0.3, -0.25) is 19.0 Å². The van der Waals surface area contributed by atoms with Crippen molar-refractivity contribution in [1.82, 2.24) is 25.1 Å². The molecule has 1 amide bonds. The lowest BCUT2D eigenvalue weighted by Gasteiger charge is -2.28. The van der Waals surface area contributed by atoms with E-state index in [1.54, 1.807) is 39.8 Å². The third kappa shape index (κ3) is 8.05. The first-order valence-electron chi connectivity index (χ1n) is 14.3. The molecule has 14 heteroatoms. The summed E-state index contributed by atoms with van der Waals surface area (Å²) in [7, 11) is 1.41. The number of rotatable bonds is 13. The van der Waals surface area contributed by atoms with Gasteiger partial charge in [0.05, 0.1) is 12.1 Å². The van der Waals surface area contributed by atoms with Crippen molar-refractivity contribution in [1.29, 1.82) is 0 Å². The normalized spacial score (nSPS) is 13.8. The summed E-state index contributed by atoms with van der Waals surface area (Å²) in [4.78, 5) is 57.1. The van der Waals surface area contributed by atoms with E-state index in [2.05, 4.69) is 20.5 Å². The number of aryl methyl sites for hydroxylation is 2. The monoisotopic (exact) mass is 613 g/mol. The summed E-state index contributed by atoms with van der Waals surface area (Å²) in [6, 6.07) is 5.67. The van der Waals surface area contributed by atoms with E-state index in [4.69, 9.17) is 18.6 Å². The number of hydrogen-bond acceptors (Lipinski definition) is 11. The van der Waals surface area contributed by atoms with Crippen molar-refractivity contribution in [3.05, 3.63) is 69.3 Å². The van der Waals surface area contributed by atoms with Crippen LogP contribution in [0.15, 0.2) is 33.5 Å². The van der Waals surface area contributed by atoms with Crippen LogP contribution in [0.2, 0.25) is 0 Å². The number of aromatic nitrogens is 4. The molecule has 44 heavy (non-hydrogen) atoms. The Hall–Kier alpha value is -4.62. The Morgan fingerprint density at radius 1 is 1.16 bits per heavy atom. The van der Waals surface area contributed by atoms with E-state index < -0.39 is 52.7 Å². The number of carbonyl (C=O) groups excluding carboxylic acids is 3. The Bertz CT molecular complexity index is 1580. The molecule has 1 aliphatic rings. The SMILES string of the molecule is Cc1nnc(C(=O)NC(C)(C)c2nc(C(=O)CCc3ccc(F)cc3)c(OC(OC(=O)OCC3CC3)C(C)C)c(=O)n2C)o1. The van der Waals surface area contributed by atoms with Gasteiger partial charge in [0.25, 0.3) is 11.8 Å². The summed E-state index contributed by atoms with van der Waals surface area (Å²) in [5.74, 6) is -2.33. The number of nitrogens with one attached hydrogen (secondary N) is 1. The van der Waals surface area contributed by atoms with E-state index in [-0.39, 0.29) is 42.7 Å². The van der Waals surface area contributed by atoms with Crippen molar-refractivity contribution in [3.63, 3.8) is 0 Å². The number of carbonyl (C=O) groups is 3. The summed E-state index contributed by atoms with van der Waals surface area (Å²) < 4.78 is 36.2. The molecule has 0 spiro atoms. The predicted molar refractivity (Wildman–Crippen MR) is 152 cm³/mol. The van der Waals surface area contributed by atoms with E-state index in [9.17, 15) is 23.6 Å². The lowest BCUT2D eigenvalue weighted by molar-refractivity contribution is -0.0899. The number of Topliss-reactive ketones (excluding diaryl/α,β-unsaturated/α-hetero) is 1. The van der Waals surface area contributed by atoms with Crippen molar-refractivity contribution >= 4 is 17.8 Å². The molecule has 0 aliphatic heterocycles. The van der Waals surface area contributed by atoms with E-state index >= 15 is 0 Å². The third-order valence-electron chi connectivity index (χ3n) is 6.90. The van der Waals surface area contributed by atoms with Gasteiger partial charge in [0.15, 0.2) is 11.5 Å². The Morgan fingerprint density at radius 3 is 2.43 bits per heavy atom. The van der Waals surface area contributed by atoms with Crippen LogP contribution < -0.4 is 15.6 Å². The molecule has 4 rings (SSSR count). The highest BCUT2D eigenvalue weighted by Gasteiger charge is 2.35. The topological polar surface area (TPSA) is 165 Å². The quantitative estimate of drug-likeness (QED) is 0.168. The standard InChI is InChI=1S/C30H36FN5O8/c1-16(2)27(44-29(40)41-15-19-7-8-19)43-23-22(21(37)14-11-18-9-12-20(31)13-10-18)32-28(36(6)26(23)39)30(4,5)33-24(38)25-35-34-17(3)42-25/h9-10,12-13,16,19,27H,7-8,11,14-15H2,1-6H3,(H,33,38). The summed E-state index contributed by atoms with van der Waals surface area (Å²) in [6.07, 6.45) is -0.174. The van der Waals surface area contributed by atoms with Crippen molar-refractivity contribution in [2.24, 2.45) is 18.9 Å². The predicted octanol–water partition coefficient (Wildman–Crippen LogP) is 4.02. The molecule has 2 aromatic heterocycles. The van der Waals surface area contributed by atoms with Crippen LogP contribution in [-0.2, 0) is 28.5 Å². The number of halogens is 1. The van der Waals surface area contributed by atoms with Crippen LogP contribution in [0, 0.1) is 24.6 Å². The van der Waals surface area contributed by atoms with Gasteiger partial charge < -0.3 is 23.9 Å². The van der Waals surface area contributed by atoms with Crippen LogP contribution in [0.3, 0.4) is 0 Å². The first-order valence-corrected chi connectivity index (χ1v) is 14.3. The molecule has 1 aliphatic carbocycles. The summed E-state index contributed by atoms with van der Waals surface area (Å²) in [5.41, 5.74) is -1.70. The maximum absolute atomic E-state index is 13.8. The van der Waals surface area contributed by atoms with Crippen LogP contribution in [0.1, 0.15) is 85.4 Å². The molecule has 1 aromatic carbocycles. The molecular weight excluding hydrogens is 577 g/mol. The smallest absolute Gasteiger partial charge is 0.446 e. The van der Waals surface area contributed by atoms with Crippen LogP contribution in [-0.4, -0.2) is 50.5 Å². The Labute approximate surface area is 253 Å². The van der Waals surface area contributed by atoms with Crippen molar-refractivity contribution in [2.45, 2.75) is 72.1 Å². The number of hydrogen-bond donors (Lipinski definition) is 1. The highest BCUT2D eigenvalue weighted by molar-refractivity contribution is 5.97. The van der Waals surface area contributed by atoms with Gasteiger partial charge in [-0.15, -0.1) is 10.2 Å². The van der Waals surface area contributed by atoms with Gasteiger partial charge in [-0.25, -0.2) is 14.2 Å². The molecular formula is C30H36FN5O8. The second-order valence-electron chi connectivity index (χ2n) is 11.6. The molecule has 0 bridgehead atoms. The average Bonchev–Trinajstić information content (AvgIpc) is 3.70. The van der Waals surface area contributed by atoms with Crippen LogP contribution in [0.25, 0.3) is 0 Å². The largest absolute Gasteiger partial charge is 0.511 e. The maximum Gasteiger partial charge on any atom is 0.511 e. The summed E-state index contributed by atoms with van der Waals surface area (Å²) in [6.45, 7) is 8.33. The Morgan fingerprint density at radius 2 is 1.84 bits per heavy atom. The maximum atomic E-state index is 13.8. The number of ketones is 1. The summed E-state index contributed by atoms with van der Waals surface area (Å²) >= 11 is 0. The van der Waals surface area contributed by atoms with Gasteiger partial charge >= 0.3 is 18.0 Å².